The topological polar surface area (TPSA) is 114 Å². The summed E-state index contributed by atoms with van der Waals surface area (Å²) < 4.78 is 4.49. The van der Waals surface area contributed by atoms with E-state index in [1.54, 1.807) is 0 Å². The van der Waals surface area contributed by atoms with E-state index in [1.165, 1.54) is 21.0 Å². The van der Waals surface area contributed by atoms with Crippen LogP contribution in [0.2, 0.25) is 0 Å². The van der Waals surface area contributed by atoms with Crippen LogP contribution < -0.4 is 16.0 Å². The number of methoxy groups -OCH3 is 1. The number of nitrogens with one attached hydrogen (secondary N) is 3. The van der Waals surface area contributed by atoms with Gasteiger partial charge < -0.3 is 20.7 Å². The van der Waals surface area contributed by atoms with Gasteiger partial charge in [0.25, 0.3) is 0 Å². The predicted molar refractivity (Wildman–Crippen MR) is 84.3 cm³/mol. The second-order valence-electron chi connectivity index (χ2n) is 5.75. The maximum atomic E-state index is 11.8. The molecular formula is C15H27N3O5. The van der Waals surface area contributed by atoms with E-state index in [1.807, 2.05) is 13.8 Å². The molecule has 0 aliphatic carbocycles. The number of carbonyl (C=O) groups excluding carboxylic acids is 4. The van der Waals surface area contributed by atoms with Gasteiger partial charge >= 0.3 is 5.97 Å². The maximum Gasteiger partial charge on any atom is 0.328 e. The van der Waals surface area contributed by atoms with Crippen molar-refractivity contribution in [1.29, 1.82) is 0 Å². The van der Waals surface area contributed by atoms with Crippen molar-refractivity contribution in [2.24, 2.45) is 5.92 Å². The summed E-state index contributed by atoms with van der Waals surface area (Å²) in [5, 5.41) is 7.36. The minimum absolute atomic E-state index is 0.193. The van der Waals surface area contributed by atoms with E-state index in [2.05, 4.69) is 20.7 Å². The van der Waals surface area contributed by atoms with Crippen LogP contribution in [0.15, 0.2) is 0 Å². The average Bonchev–Trinajstić information content (AvgIpc) is 2.49. The highest BCUT2D eigenvalue weighted by Gasteiger charge is 2.21. The van der Waals surface area contributed by atoms with E-state index in [9.17, 15) is 19.2 Å². The molecule has 0 bridgehead atoms. The van der Waals surface area contributed by atoms with Crippen LogP contribution in [0.4, 0.5) is 0 Å². The SMILES string of the molecule is COC(=O)[C@H](C)NC(=O)[C@H](C)NC(=O)CNC(=O)CCC(C)C. The summed E-state index contributed by atoms with van der Waals surface area (Å²) in [4.78, 5) is 46.2. The van der Waals surface area contributed by atoms with Crippen molar-refractivity contribution in [3.63, 3.8) is 0 Å². The molecule has 0 rings (SSSR count). The monoisotopic (exact) mass is 329 g/mol. The van der Waals surface area contributed by atoms with Crippen molar-refractivity contribution in [2.45, 2.75) is 52.6 Å². The number of hydrogen-bond donors (Lipinski definition) is 3. The first-order valence-corrected chi connectivity index (χ1v) is 7.61. The van der Waals surface area contributed by atoms with Gasteiger partial charge in [0.05, 0.1) is 13.7 Å². The van der Waals surface area contributed by atoms with Gasteiger partial charge in [-0.1, -0.05) is 13.8 Å². The highest BCUT2D eigenvalue weighted by Crippen LogP contribution is 2.02. The van der Waals surface area contributed by atoms with Crippen LogP contribution in [0.25, 0.3) is 0 Å². The zero-order chi connectivity index (χ0) is 18.0. The second-order valence-corrected chi connectivity index (χ2v) is 5.75. The number of rotatable bonds is 9. The van der Waals surface area contributed by atoms with Gasteiger partial charge in [-0.15, -0.1) is 0 Å². The molecule has 0 spiro atoms. The Morgan fingerprint density at radius 3 is 2.04 bits per heavy atom. The third kappa shape index (κ3) is 9.49. The first-order chi connectivity index (χ1) is 10.7. The Balaban J connectivity index is 4.11. The normalized spacial score (nSPS) is 13.0. The lowest BCUT2D eigenvalue weighted by Crippen LogP contribution is -2.51. The molecule has 0 saturated carbocycles. The Bertz CT molecular complexity index is 437. The third-order valence-electron chi connectivity index (χ3n) is 3.08. The molecule has 23 heavy (non-hydrogen) atoms. The number of ether oxygens (including phenoxy) is 1. The molecule has 8 nitrogen and oxygen atoms in total. The van der Waals surface area contributed by atoms with Gasteiger partial charge in [0.15, 0.2) is 0 Å². The van der Waals surface area contributed by atoms with E-state index >= 15 is 0 Å². The molecule has 0 aromatic rings. The molecule has 0 saturated heterocycles. The van der Waals surface area contributed by atoms with Crippen LogP contribution in [0, 0.1) is 5.92 Å². The molecule has 0 radical (unpaired) electrons. The summed E-state index contributed by atoms with van der Waals surface area (Å²) in [7, 11) is 1.22. The molecule has 0 aliphatic heterocycles. The minimum atomic E-state index is -0.831. The van der Waals surface area contributed by atoms with Crippen LogP contribution in [-0.2, 0) is 23.9 Å². The molecule has 132 valence electrons. The standard InChI is InChI=1S/C15H27N3O5/c1-9(2)6-7-12(19)16-8-13(20)17-10(3)14(21)18-11(4)15(22)23-5/h9-11H,6-8H2,1-5H3,(H,16,19)(H,17,20)(H,18,21)/t10-,11-/m0/s1. The fraction of sp³-hybridized carbons (Fsp3) is 0.733. The smallest absolute Gasteiger partial charge is 0.328 e. The summed E-state index contributed by atoms with van der Waals surface area (Å²) in [6.45, 7) is 6.79. The number of amides is 3. The molecule has 2 atom stereocenters. The number of esters is 1. The molecule has 8 heteroatoms. The Kier molecular flexibility index (Phi) is 9.60. The molecule has 3 N–H and O–H groups in total. The van der Waals surface area contributed by atoms with Gasteiger partial charge in [0, 0.05) is 6.42 Å². The second kappa shape index (κ2) is 10.6. The van der Waals surface area contributed by atoms with Crippen molar-refractivity contribution in [2.75, 3.05) is 13.7 Å². The van der Waals surface area contributed by atoms with E-state index in [0.29, 0.717) is 12.3 Å². The van der Waals surface area contributed by atoms with Crippen molar-refractivity contribution in [3.8, 4) is 0 Å². The van der Waals surface area contributed by atoms with Crippen molar-refractivity contribution < 1.29 is 23.9 Å². The minimum Gasteiger partial charge on any atom is -0.467 e. The van der Waals surface area contributed by atoms with Gasteiger partial charge in [0.2, 0.25) is 17.7 Å². The van der Waals surface area contributed by atoms with E-state index < -0.39 is 29.9 Å². The Morgan fingerprint density at radius 2 is 1.52 bits per heavy atom. The summed E-state index contributed by atoms with van der Waals surface area (Å²) in [5.41, 5.74) is 0. The average molecular weight is 329 g/mol. The molecule has 0 fully saturated rings. The maximum absolute atomic E-state index is 11.8. The highest BCUT2D eigenvalue weighted by molar-refractivity contribution is 5.91. The first kappa shape index (κ1) is 20.9. The van der Waals surface area contributed by atoms with Crippen molar-refractivity contribution in [1.82, 2.24) is 16.0 Å². The van der Waals surface area contributed by atoms with Crippen LogP contribution in [0.1, 0.15) is 40.5 Å². The molecule has 0 aromatic heterocycles. The first-order valence-electron chi connectivity index (χ1n) is 7.61. The van der Waals surface area contributed by atoms with Crippen molar-refractivity contribution in [3.05, 3.63) is 0 Å². The molecule has 0 unspecified atom stereocenters. The zero-order valence-electron chi connectivity index (χ0n) is 14.4. The Labute approximate surface area is 136 Å². The lowest BCUT2D eigenvalue weighted by atomic mass is 10.1. The van der Waals surface area contributed by atoms with Crippen LogP contribution >= 0.6 is 0 Å². The Morgan fingerprint density at radius 1 is 0.913 bits per heavy atom. The van der Waals surface area contributed by atoms with Crippen LogP contribution in [0.5, 0.6) is 0 Å². The summed E-state index contributed by atoms with van der Waals surface area (Å²) in [6.07, 6.45) is 1.11. The molecule has 0 heterocycles. The Hall–Kier alpha value is -2.12. The fourth-order valence-corrected chi connectivity index (χ4v) is 1.62. The number of carbonyl (C=O) groups is 4. The van der Waals surface area contributed by atoms with Gasteiger partial charge in [0.1, 0.15) is 12.1 Å². The lowest BCUT2D eigenvalue weighted by Gasteiger charge is -2.17. The highest BCUT2D eigenvalue weighted by atomic mass is 16.5. The lowest BCUT2D eigenvalue weighted by molar-refractivity contribution is -0.144. The number of hydrogen-bond acceptors (Lipinski definition) is 5. The van der Waals surface area contributed by atoms with Gasteiger partial charge in [-0.3, -0.25) is 14.4 Å². The van der Waals surface area contributed by atoms with Crippen LogP contribution in [0.3, 0.4) is 0 Å². The predicted octanol–water partition coefficient (Wildman–Crippen LogP) is -0.279. The summed E-state index contributed by atoms with van der Waals surface area (Å²) >= 11 is 0. The van der Waals surface area contributed by atoms with Crippen molar-refractivity contribution >= 4 is 23.7 Å². The van der Waals surface area contributed by atoms with E-state index in [0.717, 1.165) is 6.42 Å². The third-order valence-corrected chi connectivity index (χ3v) is 3.08. The van der Waals surface area contributed by atoms with Gasteiger partial charge in [-0.2, -0.15) is 0 Å². The van der Waals surface area contributed by atoms with Gasteiger partial charge in [-0.25, -0.2) is 4.79 Å². The zero-order valence-corrected chi connectivity index (χ0v) is 14.4. The molecule has 3 amide bonds. The van der Waals surface area contributed by atoms with E-state index in [-0.39, 0.29) is 12.5 Å². The van der Waals surface area contributed by atoms with Gasteiger partial charge in [-0.05, 0) is 26.2 Å². The summed E-state index contributed by atoms with van der Waals surface area (Å²) in [6, 6.07) is -1.63. The van der Waals surface area contributed by atoms with Crippen LogP contribution in [-0.4, -0.2) is 49.4 Å². The quantitative estimate of drug-likeness (QED) is 0.504. The largest absolute Gasteiger partial charge is 0.467 e. The van der Waals surface area contributed by atoms with E-state index in [4.69, 9.17) is 0 Å². The fourth-order valence-electron chi connectivity index (χ4n) is 1.62. The molecular weight excluding hydrogens is 302 g/mol. The summed E-state index contributed by atoms with van der Waals surface area (Å²) in [5.74, 6) is -1.35. The molecule has 0 aromatic carbocycles. The molecule has 0 aliphatic rings.